The molecule has 1 unspecified atom stereocenters. The number of benzene rings is 2. The first kappa shape index (κ1) is 19.9. The van der Waals surface area contributed by atoms with E-state index >= 15 is 0 Å². The van der Waals surface area contributed by atoms with E-state index in [9.17, 15) is 8.42 Å². The van der Waals surface area contributed by atoms with Gasteiger partial charge in [-0.1, -0.05) is 11.6 Å². The number of nitrogens with one attached hydrogen (secondary N) is 1. The van der Waals surface area contributed by atoms with Gasteiger partial charge in [-0.25, -0.2) is 13.1 Å². The fraction of sp³-hybridized carbons (Fsp3) is 0.368. The molecule has 1 heterocycles. The Morgan fingerprint density at radius 1 is 1.15 bits per heavy atom. The summed E-state index contributed by atoms with van der Waals surface area (Å²) in [4.78, 5) is 2.33. The van der Waals surface area contributed by atoms with E-state index in [4.69, 9.17) is 21.1 Å². The van der Waals surface area contributed by atoms with Crippen molar-refractivity contribution in [3.05, 3.63) is 52.5 Å². The van der Waals surface area contributed by atoms with Crippen molar-refractivity contribution in [2.75, 3.05) is 34.4 Å². The second kappa shape index (κ2) is 8.06. The maximum absolute atomic E-state index is 12.6. The van der Waals surface area contributed by atoms with Crippen LogP contribution in [0.1, 0.15) is 17.2 Å². The molecule has 0 saturated heterocycles. The van der Waals surface area contributed by atoms with E-state index in [-0.39, 0.29) is 17.5 Å². The number of halogens is 1. The first-order valence-corrected chi connectivity index (χ1v) is 10.4. The number of ether oxygens (including phenoxy) is 2. The van der Waals surface area contributed by atoms with Crippen molar-refractivity contribution in [2.24, 2.45) is 0 Å². The Morgan fingerprint density at radius 2 is 1.78 bits per heavy atom. The molecular weight excluding hydrogens is 388 g/mol. The van der Waals surface area contributed by atoms with E-state index in [1.165, 1.54) is 12.1 Å². The SMILES string of the molecule is COc1cc2c(cc1OC)C(CNS(=O)(=O)c1ccc(Cl)cc1)N(C)CC2. The van der Waals surface area contributed by atoms with Crippen LogP contribution in [0.4, 0.5) is 0 Å². The molecular formula is C19H23ClN2O4S. The van der Waals surface area contributed by atoms with Gasteiger partial charge in [-0.2, -0.15) is 0 Å². The largest absolute Gasteiger partial charge is 0.493 e. The summed E-state index contributed by atoms with van der Waals surface area (Å²) >= 11 is 5.85. The summed E-state index contributed by atoms with van der Waals surface area (Å²) < 4.78 is 38.7. The Kier molecular flexibility index (Phi) is 5.95. The fourth-order valence-electron chi connectivity index (χ4n) is 3.31. The summed E-state index contributed by atoms with van der Waals surface area (Å²) in [6, 6.07) is 9.93. The van der Waals surface area contributed by atoms with Crippen LogP contribution in [0.15, 0.2) is 41.3 Å². The van der Waals surface area contributed by atoms with E-state index in [1.807, 2.05) is 19.2 Å². The molecule has 2 aromatic rings. The molecule has 146 valence electrons. The molecule has 0 amide bonds. The van der Waals surface area contributed by atoms with Crippen LogP contribution in [0.5, 0.6) is 11.5 Å². The molecule has 3 rings (SSSR count). The van der Waals surface area contributed by atoms with Crippen LogP contribution in [-0.2, 0) is 16.4 Å². The number of methoxy groups -OCH3 is 2. The molecule has 0 fully saturated rings. The second-order valence-corrected chi connectivity index (χ2v) is 8.66. The zero-order valence-electron chi connectivity index (χ0n) is 15.5. The molecule has 1 atom stereocenters. The Labute approximate surface area is 165 Å². The highest BCUT2D eigenvalue weighted by Gasteiger charge is 2.28. The molecule has 0 spiro atoms. The van der Waals surface area contributed by atoms with Crippen LogP contribution in [0.2, 0.25) is 5.02 Å². The Balaban J connectivity index is 1.86. The zero-order valence-corrected chi connectivity index (χ0v) is 17.1. The normalized spacial score (nSPS) is 17.4. The lowest BCUT2D eigenvalue weighted by Crippen LogP contribution is -2.40. The average Bonchev–Trinajstić information content (AvgIpc) is 2.66. The van der Waals surface area contributed by atoms with Gasteiger partial charge >= 0.3 is 0 Å². The molecule has 0 saturated carbocycles. The van der Waals surface area contributed by atoms with E-state index < -0.39 is 10.0 Å². The highest BCUT2D eigenvalue weighted by molar-refractivity contribution is 7.89. The number of fused-ring (bicyclic) bond motifs is 1. The number of likely N-dealkylation sites (N-methyl/N-ethyl adjacent to an activating group) is 1. The average molecular weight is 411 g/mol. The second-order valence-electron chi connectivity index (χ2n) is 6.46. The van der Waals surface area contributed by atoms with Gasteiger partial charge in [0.15, 0.2) is 11.5 Å². The number of hydrogen-bond acceptors (Lipinski definition) is 5. The van der Waals surface area contributed by atoms with Gasteiger partial charge in [0.1, 0.15) is 0 Å². The highest BCUT2D eigenvalue weighted by Crippen LogP contribution is 2.37. The van der Waals surface area contributed by atoms with E-state index in [0.29, 0.717) is 16.5 Å². The van der Waals surface area contributed by atoms with Crippen molar-refractivity contribution in [2.45, 2.75) is 17.4 Å². The van der Waals surface area contributed by atoms with E-state index in [1.54, 1.807) is 26.4 Å². The first-order chi connectivity index (χ1) is 12.9. The van der Waals surface area contributed by atoms with Crippen molar-refractivity contribution in [1.82, 2.24) is 9.62 Å². The van der Waals surface area contributed by atoms with Gasteiger partial charge in [-0.05, 0) is 61.0 Å². The molecule has 1 N–H and O–H groups in total. The molecule has 2 aromatic carbocycles. The Bertz CT molecular complexity index is 916. The predicted octanol–water partition coefficient (Wildman–Crippen LogP) is 2.86. The molecule has 0 radical (unpaired) electrons. The minimum absolute atomic E-state index is 0.101. The van der Waals surface area contributed by atoms with Crippen molar-refractivity contribution < 1.29 is 17.9 Å². The summed E-state index contributed by atoms with van der Waals surface area (Å²) in [6.07, 6.45) is 0.868. The summed E-state index contributed by atoms with van der Waals surface area (Å²) in [6.45, 7) is 1.08. The third-order valence-corrected chi connectivity index (χ3v) is 6.55. The number of rotatable bonds is 6. The molecule has 27 heavy (non-hydrogen) atoms. The maximum Gasteiger partial charge on any atom is 0.240 e. The molecule has 6 nitrogen and oxygen atoms in total. The molecule has 1 aliphatic heterocycles. The zero-order chi connectivity index (χ0) is 19.6. The summed E-state index contributed by atoms with van der Waals surface area (Å²) in [7, 11) is 1.57. The minimum atomic E-state index is -3.62. The molecule has 8 heteroatoms. The van der Waals surface area contributed by atoms with Crippen molar-refractivity contribution >= 4 is 21.6 Å². The van der Waals surface area contributed by atoms with Gasteiger partial charge in [0.2, 0.25) is 10.0 Å². The smallest absolute Gasteiger partial charge is 0.240 e. The van der Waals surface area contributed by atoms with Crippen LogP contribution in [0.3, 0.4) is 0 Å². The van der Waals surface area contributed by atoms with Crippen molar-refractivity contribution in [3.63, 3.8) is 0 Å². The van der Waals surface area contributed by atoms with Gasteiger partial charge in [0.05, 0.1) is 19.1 Å². The third kappa shape index (κ3) is 4.21. The highest BCUT2D eigenvalue weighted by atomic mass is 35.5. The predicted molar refractivity (Wildman–Crippen MR) is 105 cm³/mol. The Morgan fingerprint density at radius 3 is 2.41 bits per heavy atom. The topological polar surface area (TPSA) is 67.9 Å². The van der Waals surface area contributed by atoms with E-state index in [0.717, 1.165) is 24.1 Å². The number of sulfonamides is 1. The number of hydrogen-bond donors (Lipinski definition) is 1. The summed E-state index contributed by atoms with van der Waals surface area (Å²) in [5.74, 6) is 1.32. The van der Waals surface area contributed by atoms with Crippen molar-refractivity contribution in [3.8, 4) is 11.5 Å². The van der Waals surface area contributed by atoms with Gasteiger partial charge in [0.25, 0.3) is 0 Å². The molecule has 0 bridgehead atoms. The van der Waals surface area contributed by atoms with Crippen molar-refractivity contribution in [1.29, 1.82) is 0 Å². The van der Waals surface area contributed by atoms with Crippen LogP contribution in [0, 0.1) is 0 Å². The standard InChI is InChI=1S/C19H23ClN2O4S/c1-22-9-8-13-10-18(25-2)19(26-3)11-16(13)17(22)12-21-27(23,24)15-6-4-14(20)5-7-15/h4-7,10-11,17,21H,8-9,12H2,1-3H3. The monoisotopic (exact) mass is 410 g/mol. The van der Waals surface area contributed by atoms with Crippen LogP contribution >= 0.6 is 11.6 Å². The first-order valence-electron chi connectivity index (χ1n) is 8.56. The summed E-state index contributed by atoms with van der Waals surface area (Å²) in [5, 5.41) is 0.496. The summed E-state index contributed by atoms with van der Waals surface area (Å²) in [5.41, 5.74) is 2.18. The quantitative estimate of drug-likeness (QED) is 0.793. The lowest BCUT2D eigenvalue weighted by Gasteiger charge is -2.35. The lowest BCUT2D eigenvalue weighted by atomic mass is 9.92. The lowest BCUT2D eigenvalue weighted by molar-refractivity contribution is 0.230. The van der Waals surface area contributed by atoms with Gasteiger partial charge < -0.3 is 9.47 Å². The van der Waals surface area contributed by atoms with Gasteiger partial charge in [0, 0.05) is 24.2 Å². The molecule has 1 aliphatic rings. The minimum Gasteiger partial charge on any atom is -0.493 e. The van der Waals surface area contributed by atoms with Gasteiger partial charge in [-0.3, -0.25) is 4.90 Å². The van der Waals surface area contributed by atoms with Crippen LogP contribution in [-0.4, -0.2) is 47.7 Å². The van der Waals surface area contributed by atoms with Gasteiger partial charge in [-0.15, -0.1) is 0 Å². The van der Waals surface area contributed by atoms with Crippen LogP contribution in [0.25, 0.3) is 0 Å². The Hall–Kier alpha value is -1.80. The third-order valence-electron chi connectivity index (χ3n) is 4.86. The number of nitrogens with zero attached hydrogens (tertiary/aromatic N) is 1. The van der Waals surface area contributed by atoms with Crippen LogP contribution < -0.4 is 14.2 Å². The maximum atomic E-state index is 12.6. The van der Waals surface area contributed by atoms with E-state index in [2.05, 4.69) is 9.62 Å². The molecule has 0 aliphatic carbocycles. The fourth-order valence-corrected chi connectivity index (χ4v) is 4.47. The molecule has 0 aromatic heterocycles.